The Kier molecular flexibility index (Phi) is 6.64. The van der Waals surface area contributed by atoms with Crippen molar-refractivity contribution in [2.75, 3.05) is 17.7 Å². The maximum absolute atomic E-state index is 12.9. The molecule has 0 spiro atoms. The molecule has 0 radical (unpaired) electrons. The van der Waals surface area contributed by atoms with Crippen molar-refractivity contribution >= 4 is 23.2 Å². The van der Waals surface area contributed by atoms with E-state index in [1.165, 1.54) is 24.3 Å². The van der Waals surface area contributed by atoms with Crippen molar-refractivity contribution in [3.05, 3.63) is 84.2 Å². The minimum Gasteiger partial charge on any atom is -0.497 e. The monoisotopic (exact) mass is 408 g/mol. The smallest absolute Gasteiger partial charge is 0.265 e. The van der Waals surface area contributed by atoms with Crippen LogP contribution in [0.2, 0.25) is 0 Å². The van der Waals surface area contributed by atoms with Gasteiger partial charge in [0.15, 0.2) is 6.10 Å². The summed E-state index contributed by atoms with van der Waals surface area (Å²) in [5.74, 6) is 0.128. The normalized spacial score (nSPS) is 11.3. The number of methoxy groups -OCH3 is 1. The second-order valence-electron chi connectivity index (χ2n) is 6.46. The molecule has 0 saturated carbocycles. The van der Waals surface area contributed by atoms with Crippen molar-refractivity contribution in [2.24, 2.45) is 0 Å². The molecule has 3 rings (SSSR count). The summed E-state index contributed by atoms with van der Waals surface area (Å²) in [6.07, 6.45) is -0.744. The van der Waals surface area contributed by atoms with E-state index < -0.39 is 6.10 Å². The lowest BCUT2D eigenvalue weighted by molar-refractivity contribution is -0.122. The summed E-state index contributed by atoms with van der Waals surface area (Å²) >= 11 is 0. The van der Waals surface area contributed by atoms with Crippen molar-refractivity contribution in [3.63, 3.8) is 0 Å². The quantitative estimate of drug-likeness (QED) is 0.604. The van der Waals surface area contributed by atoms with Crippen LogP contribution in [0.15, 0.2) is 72.8 Å². The average molecular weight is 408 g/mol. The van der Waals surface area contributed by atoms with Crippen LogP contribution in [0.1, 0.15) is 17.3 Å². The van der Waals surface area contributed by atoms with Gasteiger partial charge in [-0.3, -0.25) is 9.59 Å². The Morgan fingerprint density at radius 3 is 1.93 bits per heavy atom. The summed E-state index contributed by atoms with van der Waals surface area (Å²) in [5, 5.41) is 5.44. The number of anilines is 2. The Hall–Kier alpha value is -3.87. The summed E-state index contributed by atoms with van der Waals surface area (Å²) < 4.78 is 23.7. The number of carbonyl (C=O) groups is 2. The minimum atomic E-state index is -0.744. The maximum Gasteiger partial charge on any atom is 0.265 e. The molecule has 0 aliphatic carbocycles. The molecule has 1 unspecified atom stereocenters. The van der Waals surface area contributed by atoms with E-state index in [9.17, 15) is 14.0 Å². The second kappa shape index (κ2) is 9.56. The number of nitrogens with one attached hydrogen (secondary N) is 2. The fraction of sp³-hybridized carbons (Fsp3) is 0.130. The zero-order valence-corrected chi connectivity index (χ0v) is 16.5. The first-order valence-corrected chi connectivity index (χ1v) is 9.23. The maximum atomic E-state index is 12.9. The Morgan fingerprint density at radius 1 is 0.800 bits per heavy atom. The number of hydrogen-bond donors (Lipinski definition) is 2. The molecule has 2 amide bonds. The molecule has 0 aromatic heterocycles. The predicted octanol–water partition coefficient (Wildman–Crippen LogP) is 4.49. The van der Waals surface area contributed by atoms with Crippen molar-refractivity contribution in [1.29, 1.82) is 0 Å². The van der Waals surface area contributed by atoms with Crippen molar-refractivity contribution < 1.29 is 23.5 Å². The van der Waals surface area contributed by atoms with Gasteiger partial charge in [0.05, 0.1) is 7.11 Å². The van der Waals surface area contributed by atoms with Crippen molar-refractivity contribution in [1.82, 2.24) is 0 Å². The van der Waals surface area contributed by atoms with Gasteiger partial charge in [-0.1, -0.05) is 0 Å². The van der Waals surface area contributed by atoms with Crippen LogP contribution in [0.3, 0.4) is 0 Å². The molecule has 154 valence electrons. The van der Waals surface area contributed by atoms with Gasteiger partial charge in [0.2, 0.25) is 0 Å². The number of carbonyl (C=O) groups excluding carboxylic acids is 2. The summed E-state index contributed by atoms with van der Waals surface area (Å²) in [4.78, 5) is 24.6. The minimum absolute atomic E-state index is 0.307. The molecule has 2 N–H and O–H groups in total. The highest BCUT2D eigenvalue weighted by Crippen LogP contribution is 2.18. The molecule has 0 fully saturated rings. The van der Waals surface area contributed by atoms with E-state index in [1.807, 2.05) is 0 Å². The van der Waals surface area contributed by atoms with E-state index in [0.29, 0.717) is 28.4 Å². The fourth-order valence-electron chi connectivity index (χ4n) is 2.60. The van der Waals surface area contributed by atoms with E-state index >= 15 is 0 Å². The third-order valence-electron chi connectivity index (χ3n) is 4.26. The first kappa shape index (κ1) is 20.9. The first-order chi connectivity index (χ1) is 14.4. The number of amides is 2. The van der Waals surface area contributed by atoms with Crippen molar-refractivity contribution in [2.45, 2.75) is 13.0 Å². The van der Waals surface area contributed by atoms with Gasteiger partial charge >= 0.3 is 0 Å². The summed E-state index contributed by atoms with van der Waals surface area (Å²) in [5.41, 5.74) is 1.52. The van der Waals surface area contributed by atoms with Gasteiger partial charge in [0.25, 0.3) is 11.8 Å². The van der Waals surface area contributed by atoms with E-state index in [-0.39, 0.29) is 17.6 Å². The Balaban J connectivity index is 1.55. The number of ether oxygens (including phenoxy) is 2. The topological polar surface area (TPSA) is 76.7 Å². The third kappa shape index (κ3) is 5.57. The zero-order chi connectivity index (χ0) is 21.5. The lowest BCUT2D eigenvalue weighted by Crippen LogP contribution is -2.30. The van der Waals surface area contributed by atoms with Crippen LogP contribution in [0, 0.1) is 5.82 Å². The number of halogens is 1. The van der Waals surface area contributed by atoms with Gasteiger partial charge < -0.3 is 20.1 Å². The number of hydrogen-bond acceptors (Lipinski definition) is 4. The third-order valence-corrected chi connectivity index (χ3v) is 4.26. The Bertz CT molecular complexity index is 1000. The Morgan fingerprint density at radius 2 is 1.33 bits per heavy atom. The van der Waals surface area contributed by atoms with Crippen LogP contribution in [0.5, 0.6) is 11.5 Å². The Labute approximate surface area is 173 Å². The second-order valence-corrected chi connectivity index (χ2v) is 6.46. The number of benzene rings is 3. The molecule has 7 heteroatoms. The molecule has 0 aliphatic heterocycles. The molecule has 30 heavy (non-hydrogen) atoms. The zero-order valence-electron chi connectivity index (χ0n) is 16.5. The standard InChI is InChI=1S/C23H21FN2O4/c1-15(22(27)25-19-9-13-20(29-2)14-10-19)30-21-11-3-16(4-12-21)23(28)26-18-7-5-17(24)6-8-18/h3-15H,1-2H3,(H,25,27)(H,26,28). The molecule has 0 aliphatic rings. The predicted molar refractivity (Wildman–Crippen MR) is 113 cm³/mol. The first-order valence-electron chi connectivity index (χ1n) is 9.23. The van der Waals surface area contributed by atoms with E-state index in [0.717, 1.165) is 0 Å². The van der Waals surface area contributed by atoms with Gasteiger partial charge in [-0.15, -0.1) is 0 Å². The molecule has 0 heterocycles. The lowest BCUT2D eigenvalue weighted by atomic mass is 10.2. The van der Waals surface area contributed by atoms with Crippen LogP contribution in [0.25, 0.3) is 0 Å². The van der Waals surface area contributed by atoms with Crippen LogP contribution in [-0.4, -0.2) is 25.0 Å². The SMILES string of the molecule is COc1ccc(NC(=O)C(C)Oc2ccc(C(=O)Nc3ccc(F)cc3)cc2)cc1. The van der Waals surface area contributed by atoms with Crippen LogP contribution < -0.4 is 20.1 Å². The molecular weight excluding hydrogens is 387 g/mol. The van der Waals surface area contributed by atoms with Crippen LogP contribution in [0.4, 0.5) is 15.8 Å². The largest absolute Gasteiger partial charge is 0.497 e. The van der Waals surface area contributed by atoms with Crippen LogP contribution in [-0.2, 0) is 4.79 Å². The molecule has 0 bridgehead atoms. The lowest BCUT2D eigenvalue weighted by Gasteiger charge is -2.15. The van der Waals surface area contributed by atoms with Gasteiger partial charge in [-0.05, 0) is 79.7 Å². The van der Waals surface area contributed by atoms with E-state index in [4.69, 9.17) is 9.47 Å². The molecule has 3 aromatic rings. The molecular formula is C23H21FN2O4. The van der Waals surface area contributed by atoms with Gasteiger partial charge in [-0.2, -0.15) is 0 Å². The highest BCUT2D eigenvalue weighted by atomic mass is 19.1. The highest BCUT2D eigenvalue weighted by Gasteiger charge is 2.15. The summed E-state index contributed by atoms with van der Waals surface area (Å²) in [6, 6.07) is 18.8. The van der Waals surface area contributed by atoms with Gasteiger partial charge in [0, 0.05) is 16.9 Å². The van der Waals surface area contributed by atoms with Crippen LogP contribution >= 0.6 is 0 Å². The van der Waals surface area contributed by atoms with E-state index in [1.54, 1.807) is 62.6 Å². The molecule has 1 atom stereocenters. The average Bonchev–Trinajstić information content (AvgIpc) is 2.76. The molecule has 6 nitrogen and oxygen atoms in total. The van der Waals surface area contributed by atoms with E-state index in [2.05, 4.69) is 10.6 Å². The summed E-state index contributed by atoms with van der Waals surface area (Å²) in [6.45, 7) is 1.63. The van der Waals surface area contributed by atoms with Gasteiger partial charge in [0.1, 0.15) is 17.3 Å². The van der Waals surface area contributed by atoms with Gasteiger partial charge in [-0.25, -0.2) is 4.39 Å². The molecule has 0 saturated heterocycles. The number of rotatable bonds is 7. The summed E-state index contributed by atoms with van der Waals surface area (Å²) in [7, 11) is 1.57. The molecule has 3 aromatic carbocycles. The fourth-order valence-corrected chi connectivity index (χ4v) is 2.60. The van der Waals surface area contributed by atoms with Crippen molar-refractivity contribution in [3.8, 4) is 11.5 Å². The highest BCUT2D eigenvalue weighted by molar-refractivity contribution is 6.04.